The number of carbonyl (C=O) groups is 1. The maximum Gasteiger partial charge on any atom is 0.307 e. The Morgan fingerprint density at radius 2 is 1.90 bits per heavy atom. The predicted octanol–water partition coefficient (Wildman–Crippen LogP) is 3.60. The van der Waals surface area contributed by atoms with Crippen LogP contribution < -0.4 is 0 Å². The fourth-order valence-electron chi connectivity index (χ4n) is 3.12. The first-order valence-corrected chi connectivity index (χ1v) is 6.73. The highest BCUT2D eigenvalue weighted by Gasteiger charge is 2.35. The molecule has 0 amide bonds. The number of fused-ring (bicyclic) bond motifs is 1. The summed E-state index contributed by atoms with van der Waals surface area (Å²) in [5, 5.41) is 9.47. The van der Waals surface area contributed by atoms with Gasteiger partial charge in [0.25, 0.3) is 0 Å². The number of aliphatic carboxylic acids is 1. The van der Waals surface area contributed by atoms with E-state index >= 15 is 0 Å². The Morgan fingerprint density at radius 1 is 1.15 bits per heavy atom. The monoisotopic (exact) mass is 270 g/mol. The van der Waals surface area contributed by atoms with Crippen LogP contribution in [0.2, 0.25) is 0 Å². The standard InChI is InChI=1S/C17H15FO2/c18-13-8-6-11-7-9-14(17(19)20)16(15(11)10-13)12-4-2-1-3-5-12/h1-6,8,10,14,16H,7,9H2,(H,19,20). The first-order chi connectivity index (χ1) is 9.66. The molecule has 0 saturated heterocycles. The van der Waals surface area contributed by atoms with Gasteiger partial charge in [0.15, 0.2) is 0 Å². The topological polar surface area (TPSA) is 37.3 Å². The van der Waals surface area contributed by atoms with Crippen LogP contribution in [-0.2, 0) is 11.2 Å². The van der Waals surface area contributed by atoms with Crippen molar-refractivity contribution in [2.24, 2.45) is 5.92 Å². The quantitative estimate of drug-likeness (QED) is 0.905. The molecule has 0 aliphatic heterocycles. The molecule has 0 fully saturated rings. The number of carboxylic acid groups (broad SMARTS) is 1. The van der Waals surface area contributed by atoms with E-state index in [0.717, 1.165) is 16.7 Å². The van der Waals surface area contributed by atoms with Crippen molar-refractivity contribution >= 4 is 5.97 Å². The molecule has 0 spiro atoms. The Balaban J connectivity index is 2.15. The van der Waals surface area contributed by atoms with Gasteiger partial charge >= 0.3 is 5.97 Å². The normalized spacial score (nSPS) is 21.2. The van der Waals surface area contributed by atoms with Crippen molar-refractivity contribution in [3.8, 4) is 0 Å². The van der Waals surface area contributed by atoms with Gasteiger partial charge in [-0.3, -0.25) is 4.79 Å². The Hall–Kier alpha value is -2.16. The van der Waals surface area contributed by atoms with Crippen LogP contribution in [0.5, 0.6) is 0 Å². The molecule has 2 aromatic rings. The third-order valence-corrected chi connectivity index (χ3v) is 4.05. The van der Waals surface area contributed by atoms with Crippen LogP contribution in [0.25, 0.3) is 0 Å². The summed E-state index contributed by atoms with van der Waals surface area (Å²) in [5.74, 6) is -1.88. The minimum absolute atomic E-state index is 0.270. The highest BCUT2D eigenvalue weighted by molar-refractivity contribution is 5.73. The zero-order valence-electron chi connectivity index (χ0n) is 10.9. The summed E-state index contributed by atoms with van der Waals surface area (Å²) in [6.07, 6.45) is 1.28. The fourth-order valence-corrected chi connectivity index (χ4v) is 3.12. The molecule has 102 valence electrons. The average Bonchev–Trinajstić information content (AvgIpc) is 2.46. The third-order valence-electron chi connectivity index (χ3n) is 4.05. The lowest BCUT2D eigenvalue weighted by Crippen LogP contribution is -2.28. The first-order valence-electron chi connectivity index (χ1n) is 6.73. The number of aryl methyl sites for hydroxylation is 1. The second kappa shape index (κ2) is 5.08. The average molecular weight is 270 g/mol. The van der Waals surface area contributed by atoms with Crippen LogP contribution >= 0.6 is 0 Å². The molecule has 3 heteroatoms. The third kappa shape index (κ3) is 2.20. The summed E-state index contributed by atoms with van der Waals surface area (Å²) in [6.45, 7) is 0. The predicted molar refractivity (Wildman–Crippen MR) is 74.1 cm³/mol. The smallest absolute Gasteiger partial charge is 0.307 e. The number of rotatable bonds is 2. The first kappa shape index (κ1) is 12.9. The van der Waals surface area contributed by atoms with Crippen molar-refractivity contribution in [1.82, 2.24) is 0 Å². The van der Waals surface area contributed by atoms with Crippen molar-refractivity contribution in [2.45, 2.75) is 18.8 Å². The largest absolute Gasteiger partial charge is 0.481 e. The summed E-state index contributed by atoms with van der Waals surface area (Å²) >= 11 is 0. The molecular formula is C17H15FO2. The molecule has 0 aromatic heterocycles. The molecule has 1 N–H and O–H groups in total. The zero-order chi connectivity index (χ0) is 14.1. The van der Waals surface area contributed by atoms with Gasteiger partial charge in [-0.1, -0.05) is 36.4 Å². The van der Waals surface area contributed by atoms with Gasteiger partial charge in [0.05, 0.1) is 5.92 Å². The van der Waals surface area contributed by atoms with Gasteiger partial charge in [0, 0.05) is 5.92 Å². The number of benzene rings is 2. The number of carboxylic acids is 1. The SMILES string of the molecule is O=C(O)C1CCc2ccc(F)cc2C1c1ccccc1. The Kier molecular flexibility index (Phi) is 3.26. The molecule has 20 heavy (non-hydrogen) atoms. The molecule has 2 atom stereocenters. The lowest BCUT2D eigenvalue weighted by molar-refractivity contribution is -0.142. The summed E-state index contributed by atoms with van der Waals surface area (Å²) in [6, 6.07) is 14.2. The van der Waals surface area contributed by atoms with Crippen molar-refractivity contribution < 1.29 is 14.3 Å². The molecule has 2 aromatic carbocycles. The van der Waals surface area contributed by atoms with E-state index in [1.54, 1.807) is 6.07 Å². The van der Waals surface area contributed by atoms with Crippen molar-refractivity contribution in [1.29, 1.82) is 0 Å². The molecular weight excluding hydrogens is 255 g/mol. The summed E-state index contributed by atoms with van der Waals surface area (Å²) in [5.41, 5.74) is 2.80. The van der Waals surface area contributed by atoms with Gasteiger partial charge in [-0.05, 0) is 41.7 Å². The van der Waals surface area contributed by atoms with E-state index in [0.29, 0.717) is 12.8 Å². The van der Waals surface area contributed by atoms with Gasteiger partial charge in [0.1, 0.15) is 5.82 Å². The van der Waals surface area contributed by atoms with E-state index in [1.807, 2.05) is 30.3 Å². The molecule has 1 aliphatic rings. The van der Waals surface area contributed by atoms with Crippen LogP contribution in [0.15, 0.2) is 48.5 Å². The molecule has 3 rings (SSSR count). The number of hydrogen-bond acceptors (Lipinski definition) is 1. The highest BCUT2D eigenvalue weighted by atomic mass is 19.1. The van der Waals surface area contributed by atoms with Crippen LogP contribution in [0.4, 0.5) is 4.39 Å². The molecule has 2 unspecified atom stereocenters. The Bertz CT molecular complexity index is 637. The van der Waals surface area contributed by atoms with Gasteiger partial charge in [-0.15, -0.1) is 0 Å². The summed E-state index contributed by atoms with van der Waals surface area (Å²) < 4.78 is 13.6. The molecule has 0 saturated carbocycles. The number of hydrogen-bond donors (Lipinski definition) is 1. The maximum atomic E-state index is 13.6. The van der Waals surface area contributed by atoms with Crippen molar-refractivity contribution in [2.75, 3.05) is 0 Å². The second-order valence-electron chi connectivity index (χ2n) is 5.21. The Morgan fingerprint density at radius 3 is 2.60 bits per heavy atom. The molecule has 0 heterocycles. The molecule has 0 radical (unpaired) electrons. The van der Waals surface area contributed by atoms with E-state index in [4.69, 9.17) is 0 Å². The molecule has 0 bridgehead atoms. The lowest BCUT2D eigenvalue weighted by atomic mass is 9.72. The van der Waals surface area contributed by atoms with Crippen LogP contribution in [0.1, 0.15) is 29.0 Å². The van der Waals surface area contributed by atoms with E-state index in [9.17, 15) is 14.3 Å². The highest BCUT2D eigenvalue weighted by Crippen LogP contribution is 2.41. The van der Waals surface area contributed by atoms with Gasteiger partial charge in [-0.25, -0.2) is 4.39 Å². The van der Waals surface area contributed by atoms with Crippen molar-refractivity contribution in [3.05, 3.63) is 71.0 Å². The van der Waals surface area contributed by atoms with E-state index in [-0.39, 0.29) is 11.7 Å². The van der Waals surface area contributed by atoms with Crippen LogP contribution in [0, 0.1) is 11.7 Å². The maximum absolute atomic E-state index is 13.6. The summed E-state index contributed by atoms with van der Waals surface area (Å²) in [7, 11) is 0. The lowest BCUT2D eigenvalue weighted by Gasteiger charge is -2.31. The van der Waals surface area contributed by atoms with Crippen molar-refractivity contribution in [3.63, 3.8) is 0 Å². The summed E-state index contributed by atoms with van der Waals surface area (Å²) in [4.78, 5) is 11.5. The van der Waals surface area contributed by atoms with E-state index in [2.05, 4.69) is 0 Å². The molecule has 2 nitrogen and oxygen atoms in total. The molecule has 1 aliphatic carbocycles. The number of halogens is 1. The van der Waals surface area contributed by atoms with Gasteiger partial charge in [-0.2, -0.15) is 0 Å². The fraction of sp³-hybridized carbons (Fsp3) is 0.235. The van der Waals surface area contributed by atoms with Crippen LogP contribution in [-0.4, -0.2) is 11.1 Å². The van der Waals surface area contributed by atoms with Gasteiger partial charge in [0.2, 0.25) is 0 Å². The second-order valence-corrected chi connectivity index (χ2v) is 5.21. The minimum atomic E-state index is -0.811. The zero-order valence-corrected chi connectivity index (χ0v) is 10.9. The van der Waals surface area contributed by atoms with Gasteiger partial charge < -0.3 is 5.11 Å². The van der Waals surface area contributed by atoms with Crippen LogP contribution in [0.3, 0.4) is 0 Å². The van der Waals surface area contributed by atoms with E-state index in [1.165, 1.54) is 12.1 Å². The van der Waals surface area contributed by atoms with E-state index < -0.39 is 11.9 Å². The Labute approximate surface area is 116 Å². The minimum Gasteiger partial charge on any atom is -0.481 e.